The van der Waals surface area contributed by atoms with Crippen molar-refractivity contribution in [2.45, 2.75) is 12.8 Å². The predicted octanol–water partition coefficient (Wildman–Crippen LogP) is 2.41. The van der Waals surface area contributed by atoms with Crippen molar-refractivity contribution in [3.05, 3.63) is 54.6 Å². The van der Waals surface area contributed by atoms with E-state index >= 15 is 0 Å². The van der Waals surface area contributed by atoms with E-state index in [9.17, 15) is 4.79 Å². The number of carbonyl (C=O) groups is 1. The van der Waals surface area contributed by atoms with E-state index in [1.54, 1.807) is 12.4 Å². The molecule has 0 N–H and O–H groups in total. The SMILES string of the molecule is O=C(c1cnccn1)N1CC[C@H](CCOc2ccccc2)C1. The average molecular weight is 297 g/mol. The lowest BCUT2D eigenvalue weighted by molar-refractivity contribution is 0.0779. The molecule has 1 fully saturated rings. The van der Waals surface area contributed by atoms with Crippen LogP contribution in [-0.2, 0) is 0 Å². The number of ether oxygens (including phenoxy) is 1. The molecule has 1 aromatic heterocycles. The maximum atomic E-state index is 12.3. The summed E-state index contributed by atoms with van der Waals surface area (Å²) in [5.74, 6) is 1.36. The van der Waals surface area contributed by atoms with E-state index in [-0.39, 0.29) is 5.91 Å². The zero-order valence-corrected chi connectivity index (χ0v) is 12.4. The van der Waals surface area contributed by atoms with Crippen molar-refractivity contribution in [3.63, 3.8) is 0 Å². The van der Waals surface area contributed by atoms with E-state index in [0.717, 1.165) is 31.7 Å². The monoisotopic (exact) mass is 297 g/mol. The fraction of sp³-hybridized carbons (Fsp3) is 0.353. The Bertz CT molecular complexity index is 604. The van der Waals surface area contributed by atoms with Crippen molar-refractivity contribution in [3.8, 4) is 5.75 Å². The molecule has 3 rings (SSSR count). The molecular weight excluding hydrogens is 278 g/mol. The van der Waals surface area contributed by atoms with Gasteiger partial charge in [0, 0.05) is 25.5 Å². The van der Waals surface area contributed by atoms with Crippen molar-refractivity contribution in [2.75, 3.05) is 19.7 Å². The summed E-state index contributed by atoms with van der Waals surface area (Å²) in [5, 5.41) is 0. The van der Waals surface area contributed by atoms with Crippen LogP contribution in [0.4, 0.5) is 0 Å². The third-order valence-corrected chi connectivity index (χ3v) is 3.89. The Morgan fingerprint density at radius 1 is 1.27 bits per heavy atom. The smallest absolute Gasteiger partial charge is 0.274 e. The first-order valence-corrected chi connectivity index (χ1v) is 7.56. The number of nitrogens with zero attached hydrogens (tertiary/aromatic N) is 3. The number of aromatic nitrogens is 2. The number of hydrogen-bond acceptors (Lipinski definition) is 4. The van der Waals surface area contributed by atoms with Crippen LogP contribution in [0, 0.1) is 5.92 Å². The van der Waals surface area contributed by atoms with Gasteiger partial charge in [0.2, 0.25) is 0 Å². The first-order valence-electron chi connectivity index (χ1n) is 7.56. The molecule has 2 heterocycles. The van der Waals surface area contributed by atoms with Gasteiger partial charge in [-0.2, -0.15) is 0 Å². The van der Waals surface area contributed by atoms with Crippen LogP contribution in [0.5, 0.6) is 5.75 Å². The topological polar surface area (TPSA) is 55.3 Å². The van der Waals surface area contributed by atoms with Crippen LogP contribution in [0.15, 0.2) is 48.9 Å². The fourth-order valence-electron chi connectivity index (χ4n) is 2.68. The second-order valence-electron chi connectivity index (χ2n) is 5.45. The second-order valence-corrected chi connectivity index (χ2v) is 5.45. The van der Waals surface area contributed by atoms with Gasteiger partial charge in [-0.05, 0) is 30.9 Å². The number of benzene rings is 1. The first-order chi connectivity index (χ1) is 10.8. The molecule has 5 nitrogen and oxygen atoms in total. The molecule has 1 atom stereocenters. The average Bonchev–Trinajstić information content (AvgIpc) is 3.05. The molecule has 1 aliphatic rings. The van der Waals surface area contributed by atoms with Crippen LogP contribution in [-0.4, -0.2) is 40.5 Å². The van der Waals surface area contributed by atoms with Gasteiger partial charge in [-0.3, -0.25) is 9.78 Å². The van der Waals surface area contributed by atoms with E-state index in [2.05, 4.69) is 9.97 Å². The molecule has 0 unspecified atom stereocenters. The molecule has 0 aliphatic carbocycles. The van der Waals surface area contributed by atoms with Gasteiger partial charge in [-0.1, -0.05) is 18.2 Å². The van der Waals surface area contributed by atoms with Gasteiger partial charge < -0.3 is 9.64 Å². The van der Waals surface area contributed by atoms with E-state index in [0.29, 0.717) is 18.2 Å². The normalized spacial score (nSPS) is 17.5. The minimum absolute atomic E-state index is 0.0282. The summed E-state index contributed by atoms with van der Waals surface area (Å²) in [6.45, 7) is 2.24. The lowest BCUT2D eigenvalue weighted by atomic mass is 10.1. The molecule has 22 heavy (non-hydrogen) atoms. The van der Waals surface area contributed by atoms with Gasteiger partial charge in [-0.15, -0.1) is 0 Å². The molecule has 1 amide bonds. The first kappa shape index (κ1) is 14.5. The molecule has 2 aromatic rings. The summed E-state index contributed by atoms with van der Waals surface area (Å²) in [6.07, 6.45) is 6.62. The van der Waals surface area contributed by atoms with Gasteiger partial charge in [0.15, 0.2) is 0 Å². The maximum absolute atomic E-state index is 12.3. The molecule has 0 saturated carbocycles. The molecule has 5 heteroatoms. The zero-order chi connectivity index (χ0) is 15.2. The Morgan fingerprint density at radius 2 is 2.14 bits per heavy atom. The Hall–Kier alpha value is -2.43. The van der Waals surface area contributed by atoms with Crippen LogP contribution in [0.1, 0.15) is 23.3 Å². The molecular formula is C17H19N3O2. The summed E-state index contributed by atoms with van der Waals surface area (Å²) >= 11 is 0. The quantitative estimate of drug-likeness (QED) is 0.850. The van der Waals surface area contributed by atoms with Crippen LogP contribution in [0.2, 0.25) is 0 Å². The largest absolute Gasteiger partial charge is 0.494 e. The molecule has 114 valence electrons. The van der Waals surface area contributed by atoms with E-state index in [1.165, 1.54) is 6.20 Å². The Morgan fingerprint density at radius 3 is 2.91 bits per heavy atom. The summed E-state index contributed by atoms with van der Waals surface area (Å²) < 4.78 is 5.72. The summed E-state index contributed by atoms with van der Waals surface area (Å²) in [4.78, 5) is 22.2. The van der Waals surface area contributed by atoms with Gasteiger partial charge in [-0.25, -0.2) is 4.98 Å². The lowest BCUT2D eigenvalue weighted by Crippen LogP contribution is -2.29. The molecule has 0 bridgehead atoms. The number of carbonyl (C=O) groups excluding carboxylic acids is 1. The van der Waals surface area contributed by atoms with Crippen molar-refractivity contribution >= 4 is 5.91 Å². The highest BCUT2D eigenvalue weighted by Gasteiger charge is 2.27. The second kappa shape index (κ2) is 7.02. The van der Waals surface area contributed by atoms with Crippen LogP contribution in [0.25, 0.3) is 0 Å². The third kappa shape index (κ3) is 3.61. The number of likely N-dealkylation sites (tertiary alicyclic amines) is 1. The Labute approximate surface area is 130 Å². The third-order valence-electron chi connectivity index (χ3n) is 3.89. The fourth-order valence-corrected chi connectivity index (χ4v) is 2.68. The van der Waals surface area contributed by atoms with Gasteiger partial charge >= 0.3 is 0 Å². The van der Waals surface area contributed by atoms with Crippen molar-refractivity contribution < 1.29 is 9.53 Å². The minimum atomic E-state index is -0.0282. The summed E-state index contributed by atoms with van der Waals surface area (Å²) in [6, 6.07) is 9.81. The van der Waals surface area contributed by atoms with Crippen LogP contribution < -0.4 is 4.74 Å². The number of rotatable bonds is 5. The maximum Gasteiger partial charge on any atom is 0.274 e. The van der Waals surface area contributed by atoms with Crippen molar-refractivity contribution in [1.82, 2.24) is 14.9 Å². The van der Waals surface area contributed by atoms with Crippen molar-refractivity contribution in [1.29, 1.82) is 0 Å². The van der Waals surface area contributed by atoms with E-state index in [4.69, 9.17) is 4.74 Å². The summed E-state index contributed by atoms with van der Waals surface area (Å²) in [7, 11) is 0. The highest BCUT2D eigenvalue weighted by molar-refractivity contribution is 5.92. The zero-order valence-electron chi connectivity index (χ0n) is 12.4. The van der Waals surface area contributed by atoms with E-state index in [1.807, 2.05) is 35.2 Å². The van der Waals surface area contributed by atoms with E-state index < -0.39 is 0 Å². The molecule has 1 saturated heterocycles. The standard InChI is InChI=1S/C17H19N3O2/c21-17(16-12-18-8-9-19-16)20-10-6-14(13-20)7-11-22-15-4-2-1-3-5-15/h1-5,8-9,12,14H,6-7,10-11,13H2/t14-/m1/s1. The minimum Gasteiger partial charge on any atom is -0.494 e. The highest BCUT2D eigenvalue weighted by atomic mass is 16.5. The summed E-state index contributed by atoms with van der Waals surface area (Å²) in [5.41, 5.74) is 0.420. The van der Waals surface area contributed by atoms with Gasteiger partial charge in [0.05, 0.1) is 12.8 Å². The molecule has 1 aliphatic heterocycles. The number of para-hydroxylation sites is 1. The highest BCUT2D eigenvalue weighted by Crippen LogP contribution is 2.21. The number of hydrogen-bond donors (Lipinski definition) is 0. The lowest BCUT2D eigenvalue weighted by Gasteiger charge is -2.16. The van der Waals surface area contributed by atoms with Crippen molar-refractivity contribution in [2.24, 2.45) is 5.92 Å². The molecule has 0 radical (unpaired) electrons. The van der Waals surface area contributed by atoms with Gasteiger partial charge in [0.25, 0.3) is 5.91 Å². The molecule has 1 aromatic carbocycles. The van der Waals surface area contributed by atoms with Gasteiger partial charge in [0.1, 0.15) is 11.4 Å². The van der Waals surface area contributed by atoms with Crippen LogP contribution >= 0.6 is 0 Å². The number of amides is 1. The van der Waals surface area contributed by atoms with Crippen LogP contribution in [0.3, 0.4) is 0 Å². The molecule has 0 spiro atoms. The Balaban J connectivity index is 1.45. The predicted molar refractivity (Wildman–Crippen MR) is 82.6 cm³/mol. The Kier molecular flexibility index (Phi) is 4.63.